The number of anilines is 1. The first kappa shape index (κ1) is 33.9. The van der Waals surface area contributed by atoms with Crippen LogP contribution in [-0.4, -0.2) is 54.5 Å². The van der Waals surface area contributed by atoms with Crippen LogP contribution in [0.4, 0.5) is 5.69 Å². The Morgan fingerprint density at radius 2 is 1.62 bits per heavy atom. The number of carbonyl (C=O) groups is 1. The van der Waals surface area contributed by atoms with E-state index in [1.54, 1.807) is 0 Å². The Balaban J connectivity index is 1.36. The highest BCUT2D eigenvalue weighted by molar-refractivity contribution is 5.77. The first-order chi connectivity index (χ1) is 23.4. The second-order valence-electron chi connectivity index (χ2n) is 13.9. The third-order valence-electron chi connectivity index (χ3n) is 10.5. The fraction of sp³-hybridized carbons (Fsp3) is 0.488. The zero-order valence-corrected chi connectivity index (χ0v) is 29.5. The Bertz CT molecular complexity index is 1550. The summed E-state index contributed by atoms with van der Waals surface area (Å²) in [6.45, 7) is 14.3. The highest BCUT2D eigenvalue weighted by atomic mass is 16.5. The molecule has 2 aromatic carbocycles. The first-order valence-corrected chi connectivity index (χ1v) is 18.3. The second kappa shape index (κ2) is 15.5. The number of nitrogens with one attached hydrogen (secondary N) is 1. The molecule has 0 spiro atoms. The number of carbonyl (C=O) groups excluding carboxylic acids is 1. The number of hydrogen-bond acceptors (Lipinski definition) is 6. The molecule has 0 saturated carbocycles. The molecular formula is C41H55N5O2. The van der Waals surface area contributed by atoms with Gasteiger partial charge in [-0.1, -0.05) is 74.9 Å². The van der Waals surface area contributed by atoms with Crippen LogP contribution >= 0.6 is 0 Å². The topological polar surface area (TPSA) is 84.0 Å². The lowest BCUT2D eigenvalue weighted by Crippen LogP contribution is -2.46. The summed E-state index contributed by atoms with van der Waals surface area (Å²) in [7, 11) is 0. The maximum Gasteiger partial charge on any atom is 0.220 e. The molecule has 3 fully saturated rings. The molecule has 2 aromatic rings. The van der Waals surface area contributed by atoms with Crippen LogP contribution in [0.5, 0.6) is 0 Å². The van der Waals surface area contributed by atoms with Gasteiger partial charge in [0, 0.05) is 50.4 Å². The Morgan fingerprint density at radius 3 is 2.25 bits per heavy atom. The molecule has 1 amide bonds. The van der Waals surface area contributed by atoms with Crippen molar-refractivity contribution in [1.82, 2.24) is 15.1 Å². The van der Waals surface area contributed by atoms with E-state index in [1.165, 1.54) is 45.1 Å². The number of piperidine rings is 2. The first-order valence-electron chi connectivity index (χ1n) is 18.3. The molecule has 4 aliphatic rings. The third kappa shape index (κ3) is 7.36. The van der Waals surface area contributed by atoms with Crippen LogP contribution in [-0.2, 0) is 16.1 Å². The number of primary amides is 1. The van der Waals surface area contributed by atoms with Crippen molar-refractivity contribution in [3.8, 4) is 0 Å². The lowest BCUT2D eigenvalue weighted by atomic mass is 9.78. The standard InChI is InChI=1S/C41H55N5O2/c1-5-7-17-36-39(34-27-43-34)38(32-19-23-44(24-20-32)37(13-6-2)48-28-31-15-9-8-10-16-31)30(4)41(45-25-21-33(22-26-45)40(42)47)46(36)35-18-12-11-14-29(35)3/h8-18,32-34,43H,5-7,19-28H2,1-4H3,(H2,42,47)/b36-17+,37-13-. The molecule has 0 aliphatic carbocycles. The van der Waals surface area contributed by atoms with Crippen molar-refractivity contribution in [2.45, 2.75) is 85.3 Å². The van der Waals surface area contributed by atoms with E-state index in [1.807, 2.05) is 0 Å². The summed E-state index contributed by atoms with van der Waals surface area (Å²) in [4.78, 5) is 19.7. The number of unbranched alkanes of at least 4 members (excludes halogenated alkanes) is 1. The summed E-state index contributed by atoms with van der Waals surface area (Å²) in [5, 5.41) is 3.72. The number of aryl methyl sites for hydroxylation is 1. The number of amides is 1. The minimum absolute atomic E-state index is 0.0483. The van der Waals surface area contributed by atoms with Gasteiger partial charge in [0.05, 0.1) is 5.69 Å². The Labute approximate surface area is 288 Å². The summed E-state index contributed by atoms with van der Waals surface area (Å²) >= 11 is 0. The molecular weight excluding hydrogens is 594 g/mol. The van der Waals surface area contributed by atoms with Gasteiger partial charge in [-0.15, -0.1) is 0 Å². The van der Waals surface area contributed by atoms with E-state index in [-0.39, 0.29) is 11.8 Å². The van der Waals surface area contributed by atoms with Gasteiger partial charge < -0.3 is 25.6 Å². The summed E-state index contributed by atoms with van der Waals surface area (Å²) in [5.74, 6) is 2.54. The molecule has 1 atom stereocenters. The van der Waals surface area contributed by atoms with Crippen molar-refractivity contribution < 1.29 is 9.53 Å². The van der Waals surface area contributed by atoms with Crippen molar-refractivity contribution in [2.75, 3.05) is 37.6 Å². The lowest BCUT2D eigenvalue weighted by Gasteiger charge is -2.47. The molecule has 6 rings (SSSR count). The molecule has 4 heterocycles. The van der Waals surface area contributed by atoms with Crippen molar-refractivity contribution in [3.63, 3.8) is 0 Å². The second-order valence-corrected chi connectivity index (χ2v) is 13.9. The van der Waals surface area contributed by atoms with E-state index in [9.17, 15) is 4.79 Å². The highest BCUT2D eigenvalue weighted by Gasteiger charge is 2.43. The van der Waals surface area contributed by atoms with Crippen molar-refractivity contribution >= 4 is 11.6 Å². The number of nitrogens with two attached hydrogens (primary N) is 1. The third-order valence-corrected chi connectivity index (χ3v) is 10.5. The van der Waals surface area contributed by atoms with E-state index in [4.69, 9.17) is 10.5 Å². The maximum absolute atomic E-state index is 12.2. The SMILES string of the molecule is CC/C=C(\OCc1ccccc1)N1CCC(C2=C(C3CN3)/C(=C\CCC)N(c3ccccc3C)C(N3CCC(C(N)=O)CC3)=C2C)CC1. The predicted octanol–water partition coefficient (Wildman–Crippen LogP) is 7.38. The van der Waals surface area contributed by atoms with Crippen LogP contribution in [0.15, 0.2) is 101 Å². The van der Waals surface area contributed by atoms with Gasteiger partial charge >= 0.3 is 0 Å². The number of hydrogen-bond donors (Lipinski definition) is 2. The highest BCUT2D eigenvalue weighted by Crippen LogP contribution is 2.48. The number of ether oxygens (including phenoxy) is 1. The zero-order valence-electron chi connectivity index (χ0n) is 29.5. The largest absolute Gasteiger partial charge is 0.474 e. The van der Waals surface area contributed by atoms with Gasteiger partial charge in [0.15, 0.2) is 5.88 Å². The summed E-state index contributed by atoms with van der Waals surface area (Å²) < 4.78 is 6.44. The molecule has 3 saturated heterocycles. The molecule has 4 aliphatic heterocycles. The van der Waals surface area contributed by atoms with Crippen LogP contribution in [0.3, 0.4) is 0 Å². The van der Waals surface area contributed by atoms with Gasteiger partial charge in [-0.05, 0) is 98.3 Å². The summed E-state index contributed by atoms with van der Waals surface area (Å²) in [6.07, 6.45) is 11.6. The molecule has 0 aromatic heterocycles. The van der Waals surface area contributed by atoms with Crippen LogP contribution in [0.25, 0.3) is 0 Å². The van der Waals surface area contributed by atoms with Gasteiger partial charge in [-0.2, -0.15) is 0 Å². The van der Waals surface area contributed by atoms with Gasteiger partial charge in [-0.25, -0.2) is 0 Å². The van der Waals surface area contributed by atoms with Crippen molar-refractivity contribution in [2.24, 2.45) is 17.6 Å². The quantitative estimate of drug-likeness (QED) is 0.185. The monoisotopic (exact) mass is 649 g/mol. The normalized spacial score (nSPS) is 22.2. The van der Waals surface area contributed by atoms with Crippen molar-refractivity contribution in [1.29, 1.82) is 0 Å². The van der Waals surface area contributed by atoms with E-state index in [0.717, 1.165) is 83.6 Å². The number of rotatable bonds is 12. The maximum atomic E-state index is 12.2. The lowest BCUT2D eigenvalue weighted by molar-refractivity contribution is -0.123. The van der Waals surface area contributed by atoms with Crippen molar-refractivity contribution in [3.05, 3.63) is 112 Å². The van der Waals surface area contributed by atoms with Gasteiger partial charge in [0.1, 0.15) is 12.4 Å². The number of nitrogens with zero attached hydrogens (tertiary/aromatic N) is 3. The minimum Gasteiger partial charge on any atom is -0.474 e. The van der Waals surface area contributed by atoms with E-state index in [2.05, 4.69) is 114 Å². The predicted molar refractivity (Wildman–Crippen MR) is 196 cm³/mol. The number of allylic oxidation sites excluding steroid dienone is 4. The fourth-order valence-electron chi connectivity index (χ4n) is 7.89. The molecule has 0 radical (unpaired) electrons. The number of para-hydroxylation sites is 1. The summed E-state index contributed by atoms with van der Waals surface area (Å²) in [6, 6.07) is 19.6. The molecule has 48 heavy (non-hydrogen) atoms. The molecule has 256 valence electrons. The fourth-order valence-corrected chi connectivity index (χ4v) is 7.89. The van der Waals surface area contributed by atoms with Crippen LogP contribution in [0.1, 0.15) is 76.8 Å². The minimum atomic E-state index is -0.165. The van der Waals surface area contributed by atoms with E-state index in [0.29, 0.717) is 18.6 Å². The number of likely N-dealkylation sites (tertiary alicyclic amines) is 2. The molecule has 3 N–H and O–H groups in total. The molecule has 7 heteroatoms. The van der Waals surface area contributed by atoms with Crippen LogP contribution < -0.4 is 16.0 Å². The van der Waals surface area contributed by atoms with Gasteiger partial charge in [0.25, 0.3) is 0 Å². The smallest absolute Gasteiger partial charge is 0.220 e. The van der Waals surface area contributed by atoms with Gasteiger partial charge in [-0.3, -0.25) is 9.69 Å². The zero-order chi connectivity index (χ0) is 33.6. The van der Waals surface area contributed by atoms with E-state index < -0.39 is 0 Å². The average Bonchev–Trinajstić information content (AvgIpc) is 3.95. The Hall–Kier alpha value is -3.97. The Kier molecular flexibility index (Phi) is 11.0. The molecule has 7 nitrogen and oxygen atoms in total. The number of benzene rings is 2. The average molecular weight is 650 g/mol. The Morgan fingerprint density at radius 1 is 0.938 bits per heavy atom. The summed E-state index contributed by atoms with van der Waals surface area (Å²) in [5.41, 5.74) is 15.2. The van der Waals surface area contributed by atoms with E-state index >= 15 is 0 Å². The van der Waals surface area contributed by atoms with Gasteiger partial charge in [0.2, 0.25) is 5.91 Å². The molecule has 0 bridgehead atoms. The van der Waals surface area contributed by atoms with Crippen LogP contribution in [0.2, 0.25) is 0 Å². The van der Waals surface area contributed by atoms with Crippen LogP contribution in [0, 0.1) is 18.8 Å². The molecule has 1 unspecified atom stereocenters.